The highest BCUT2D eigenvalue weighted by atomic mass is 79.9. The first-order valence-electron chi connectivity index (χ1n) is 6.43. The van der Waals surface area contributed by atoms with Gasteiger partial charge in [-0.25, -0.2) is 0 Å². The average molecular weight is 313 g/mol. The molecule has 2 rings (SSSR count). The van der Waals surface area contributed by atoms with E-state index in [0.29, 0.717) is 6.42 Å². The van der Waals surface area contributed by atoms with Crippen molar-refractivity contribution in [2.75, 3.05) is 7.11 Å². The van der Waals surface area contributed by atoms with Gasteiger partial charge in [0.15, 0.2) is 0 Å². The number of rotatable bonds is 3. The quantitative estimate of drug-likeness (QED) is 0.916. The fraction of sp³-hybridized carbons (Fsp3) is 0.600. The number of methoxy groups -OCH3 is 1. The van der Waals surface area contributed by atoms with Crippen LogP contribution >= 0.6 is 15.9 Å². The predicted molar refractivity (Wildman–Crippen MR) is 77.0 cm³/mol. The second-order valence-electron chi connectivity index (χ2n) is 5.91. The molecule has 1 fully saturated rings. The zero-order valence-electron chi connectivity index (χ0n) is 11.3. The summed E-state index contributed by atoms with van der Waals surface area (Å²) >= 11 is 3.50. The van der Waals surface area contributed by atoms with E-state index in [-0.39, 0.29) is 5.41 Å². The molecular weight excluding hydrogens is 292 g/mol. The first-order valence-corrected chi connectivity index (χ1v) is 7.22. The molecule has 2 nitrogen and oxygen atoms in total. The minimum atomic E-state index is -0.582. The van der Waals surface area contributed by atoms with Gasteiger partial charge < -0.3 is 9.84 Å². The second kappa shape index (κ2) is 4.86. The molecule has 0 aliphatic heterocycles. The normalized spacial score (nSPS) is 26.3. The number of ether oxygens (including phenoxy) is 1. The van der Waals surface area contributed by atoms with Crippen molar-refractivity contribution < 1.29 is 9.84 Å². The van der Waals surface area contributed by atoms with E-state index in [4.69, 9.17) is 4.74 Å². The van der Waals surface area contributed by atoms with Crippen LogP contribution in [-0.4, -0.2) is 17.8 Å². The lowest BCUT2D eigenvalue weighted by Crippen LogP contribution is -2.41. The fourth-order valence-electron chi connectivity index (χ4n) is 2.88. The van der Waals surface area contributed by atoms with Crippen LogP contribution in [0.5, 0.6) is 5.75 Å². The van der Waals surface area contributed by atoms with Gasteiger partial charge in [-0.3, -0.25) is 0 Å². The van der Waals surface area contributed by atoms with Crippen LogP contribution in [-0.2, 0) is 6.42 Å². The Hall–Kier alpha value is -0.540. The molecule has 1 saturated carbocycles. The van der Waals surface area contributed by atoms with Crippen LogP contribution < -0.4 is 4.74 Å². The molecule has 1 N–H and O–H groups in total. The molecule has 1 aliphatic rings. The fourth-order valence-corrected chi connectivity index (χ4v) is 3.47. The monoisotopic (exact) mass is 312 g/mol. The standard InChI is InChI=1S/C15H21BrO2/c1-14(2)7-4-8-15(14,17)10-11-5-6-13(18-3)12(16)9-11/h5-6,9,17H,4,7-8,10H2,1-3H3. The summed E-state index contributed by atoms with van der Waals surface area (Å²) in [5.74, 6) is 0.830. The van der Waals surface area contributed by atoms with E-state index in [1.165, 1.54) is 0 Å². The molecule has 0 spiro atoms. The first-order chi connectivity index (χ1) is 8.38. The second-order valence-corrected chi connectivity index (χ2v) is 6.77. The Kier molecular flexibility index (Phi) is 3.75. The minimum absolute atomic E-state index is 0.000591. The molecule has 0 heterocycles. The van der Waals surface area contributed by atoms with Crippen molar-refractivity contribution in [1.29, 1.82) is 0 Å². The van der Waals surface area contributed by atoms with Crippen LogP contribution in [0.2, 0.25) is 0 Å². The Morgan fingerprint density at radius 3 is 2.56 bits per heavy atom. The Morgan fingerprint density at radius 1 is 1.33 bits per heavy atom. The van der Waals surface area contributed by atoms with Gasteiger partial charge >= 0.3 is 0 Å². The Morgan fingerprint density at radius 2 is 2.06 bits per heavy atom. The maximum atomic E-state index is 10.8. The van der Waals surface area contributed by atoms with Crippen molar-refractivity contribution in [1.82, 2.24) is 0 Å². The summed E-state index contributed by atoms with van der Waals surface area (Å²) in [7, 11) is 1.66. The summed E-state index contributed by atoms with van der Waals surface area (Å²) in [4.78, 5) is 0. The smallest absolute Gasteiger partial charge is 0.133 e. The molecule has 0 saturated heterocycles. The SMILES string of the molecule is COc1ccc(CC2(O)CCCC2(C)C)cc1Br. The van der Waals surface area contributed by atoms with Gasteiger partial charge in [-0.1, -0.05) is 19.9 Å². The summed E-state index contributed by atoms with van der Waals surface area (Å²) in [5, 5.41) is 10.8. The average Bonchev–Trinajstić information content (AvgIpc) is 2.53. The number of benzene rings is 1. The van der Waals surface area contributed by atoms with E-state index in [9.17, 15) is 5.11 Å². The predicted octanol–water partition coefficient (Wildman–Crippen LogP) is 3.94. The molecule has 100 valence electrons. The van der Waals surface area contributed by atoms with Gasteiger partial charge in [0.25, 0.3) is 0 Å². The van der Waals surface area contributed by atoms with Crippen LogP contribution in [0.25, 0.3) is 0 Å². The molecule has 0 radical (unpaired) electrons. The minimum Gasteiger partial charge on any atom is -0.496 e. The summed E-state index contributed by atoms with van der Waals surface area (Å²) in [6.07, 6.45) is 3.81. The van der Waals surface area contributed by atoms with E-state index >= 15 is 0 Å². The molecule has 0 aromatic heterocycles. The van der Waals surface area contributed by atoms with Crippen LogP contribution in [0.1, 0.15) is 38.7 Å². The van der Waals surface area contributed by atoms with E-state index in [1.807, 2.05) is 18.2 Å². The lowest BCUT2D eigenvalue weighted by molar-refractivity contribution is -0.0419. The van der Waals surface area contributed by atoms with Gasteiger partial charge in [-0.2, -0.15) is 0 Å². The van der Waals surface area contributed by atoms with E-state index in [1.54, 1.807) is 7.11 Å². The third kappa shape index (κ3) is 2.43. The van der Waals surface area contributed by atoms with Gasteiger partial charge in [-0.15, -0.1) is 0 Å². The van der Waals surface area contributed by atoms with Crippen molar-refractivity contribution in [2.24, 2.45) is 5.41 Å². The molecular formula is C15H21BrO2. The first kappa shape index (κ1) is 13.9. The largest absolute Gasteiger partial charge is 0.496 e. The van der Waals surface area contributed by atoms with Gasteiger partial charge in [0.1, 0.15) is 5.75 Å². The molecule has 1 atom stereocenters. The van der Waals surface area contributed by atoms with E-state index in [2.05, 4.69) is 29.8 Å². The topological polar surface area (TPSA) is 29.5 Å². The zero-order chi connectivity index (χ0) is 13.4. The van der Waals surface area contributed by atoms with Crippen LogP contribution in [0.15, 0.2) is 22.7 Å². The summed E-state index contributed by atoms with van der Waals surface area (Å²) in [5.41, 5.74) is 0.570. The maximum absolute atomic E-state index is 10.8. The van der Waals surface area contributed by atoms with Crippen molar-refractivity contribution in [2.45, 2.75) is 45.1 Å². The number of halogens is 1. The van der Waals surface area contributed by atoms with Crippen molar-refractivity contribution in [3.8, 4) is 5.75 Å². The highest BCUT2D eigenvalue weighted by Crippen LogP contribution is 2.47. The Balaban J connectivity index is 2.22. The third-order valence-electron chi connectivity index (χ3n) is 4.36. The van der Waals surface area contributed by atoms with Crippen molar-refractivity contribution in [3.63, 3.8) is 0 Å². The maximum Gasteiger partial charge on any atom is 0.133 e. The van der Waals surface area contributed by atoms with Gasteiger partial charge in [0.2, 0.25) is 0 Å². The summed E-state index contributed by atoms with van der Waals surface area (Å²) in [6.45, 7) is 4.33. The van der Waals surface area contributed by atoms with Crippen LogP contribution in [0, 0.1) is 5.41 Å². The molecule has 1 aliphatic carbocycles. The lowest BCUT2D eigenvalue weighted by atomic mass is 9.74. The molecule has 1 aromatic rings. The molecule has 3 heteroatoms. The number of aliphatic hydroxyl groups is 1. The lowest BCUT2D eigenvalue weighted by Gasteiger charge is -2.37. The highest BCUT2D eigenvalue weighted by Gasteiger charge is 2.47. The molecule has 18 heavy (non-hydrogen) atoms. The molecule has 1 aromatic carbocycles. The Bertz CT molecular complexity index is 442. The molecule has 1 unspecified atom stereocenters. The molecule has 0 amide bonds. The number of hydrogen-bond donors (Lipinski definition) is 1. The van der Waals surface area contributed by atoms with Crippen LogP contribution in [0.3, 0.4) is 0 Å². The summed E-state index contributed by atoms with van der Waals surface area (Å²) < 4.78 is 6.17. The molecule has 0 bridgehead atoms. The van der Waals surface area contributed by atoms with Crippen molar-refractivity contribution >= 4 is 15.9 Å². The van der Waals surface area contributed by atoms with Gasteiger partial charge in [0, 0.05) is 6.42 Å². The Labute approximate surface area is 117 Å². The van der Waals surface area contributed by atoms with E-state index < -0.39 is 5.60 Å². The van der Waals surface area contributed by atoms with Gasteiger partial charge in [0.05, 0.1) is 17.2 Å². The zero-order valence-corrected chi connectivity index (χ0v) is 12.9. The van der Waals surface area contributed by atoms with Crippen LogP contribution in [0.4, 0.5) is 0 Å². The summed E-state index contributed by atoms with van der Waals surface area (Å²) in [6, 6.07) is 6.03. The van der Waals surface area contributed by atoms with E-state index in [0.717, 1.165) is 35.0 Å². The van der Waals surface area contributed by atoms with Gasteiger partial charge in [-0.05, 0) is 58.3 Å². The van der Waals surface area contributed by atoms with Crippen molar-refractivity contribution in [3.05, 3.63) is 28.2 Å². The number of hydrogen-bond acceptors (Lipinski definition) is 2. The highest BCUT2D eigenvalue weighted by molar-refractivity contribution is 9.10. The third-order valence-corrected chi connectivity index (χ3v) is 4.98.